The highest BCUT2D eigenvalue weighted by atomic mass is 32.2. The molecule has 1 fully saturated rings. The Bertz CT molecular complexity index is 168. The van der Waals surface area contributed by atoms with E-state index in [1.54, 1.807) is 0 Å². The van der Waals surface area contributed by atoms with E-state index in [2.05, 4.69) is 34.6 Å². The Kier molecular flexibility index (Phi) is 4.78. The van der Waals surface area contributed by atoms with Crippen LogP contribution in [-0.2, 0) is 4.74 Å². The van der Waals surface area contributed by atoms with Gasteiger partial charge in [0, 0.05) is 0 Å². The van der Waals surface area contributed by atoms with Gasteiger partial charge in [0.15, 0.2) is 0 Å². The van der Waals surface area contributed by atoms with Crippen molar-refractivity contribution in [1.82, 2.24) is 0 Å². The van der Waals surface area contributed by atoms with Crippen molar-refractivity contribution >= 4 is 11.8 Å². The van der Waals surface area contributed by atoms with Crippen molar-refractivity contribution in [3.05, 3.63) is 0 Å². The van der Waals surface area contributed by atoms with Crippen LogP contribution < -0.4 is 0 Å². The minimum Gasteiger partial charge on any atom is -0.364 e. The van der Waals surface area contributed by atoms with E-state index >= 15 is 0 Å². The van der Waals surface area contributed by atoms with Crippen molar-refractivity contribution in [3.8, 4) is 0 Å². The van der Waals surface area contributed by atoms with Crippen molar-refractivity contribution in [2.24, 2.45) is 17.8 Å². The van der Waals surface area contributed by atoms with Gasteiger partial charge in [0.25, 0.3) is 0 Å². The summed E-state index contributed by atoms with van der Waals surface area (Å²) in [7, 11) is 0. The van der Waals surface area contributed by atoms with E-state index in [4.69, 9.17) is 4.74 Å². The zero-order valence-electron chi connectivity index (χ0n) is 10.1. The molecule has 0 saturated carbocycles. The Morgan fingerprint density at radius 3 is 2.14 bits per heavy atom. The Labute approximate surface area is 93.0 Å². The van der Waals surface area contributed by atoms with Crippen LogP contribution in [0.1, 0.15) is 41.0 Å². The Balaban J connectivity index is 2.63. The maximum absolute atomic E-state index is 6.13. The van der Waals surface area contributed by atoms with E-state index in [-0.39, 0.29) is 0 Å². The Hall–Kier alpha value is 0.310. The van der Waals surface area contributed by atoms with E-state index in [1.807, 2.05) is 11.8 Å². The maximum Gasteiger partial charge on any atom is 0.106 e. The normalized spacial score (nSPS) is 43.9. The average molecular weight is 216 g/mol. The number of hydrogen-bond acceptors (Lipinski definition) is 2. The molecule has 0 amide bonds. The molecular weight excluding hydrogens is 192 g/mol. The van der Waals surface area contributed by atoms with Crippen molar-refractivity contribution in [3.63, 3.8) is 0 Å². The Morgan fingerprint density at radius 2 is 1.64 bits per heavy atom. The van der Waals surface area contributed by atoms with Crippen LogP contribution in [0.4, 0.5) is 0 Å². The molecule has 5 unspecified atom stereocenters. The van der Waals surface area contributed by atoms with E-state index in [1.165, 1.54) is 0 Å². The average Bonchev–Trinajstić information content (AvgIpc) is 2.19. The standard InChI is InChI=1S/C12H24OS/c1-6-11-9(4)8(3)10(5)12(13-11)14-7-2/h8-12H,6-7H2,1-5H3. The molecule has 0 radical (unpaired) electrons. The molecule has 1 rings (SSSR count). The fraction of sp³-hybridized carbons (Fsp3) is 1.00. The van der Waals surface area contributed by atoms with E-state index < -0.39 is 0 Å². The van der Waals surface area contributed by atoms with Crippen molar-refractivity contribution in [2.45, 2.75) is 52.6 Å². The highest BCUT2D eigenvalue weighted by Crippen LogP contribution is 2.40. The summed E-state index contributed by atoms with van der Waals surface area (Å²) in [4.78, 5) is 0. The van der Waals surface area contributed by atoms with Gasteiger partial charge in [-0.25, -0.2) is 0 Å². The van der Waals surface area contributed by atoms with Crippen molar-refractivity contribution in [1.29, 1.82) is 0 Å². The molecule has 0 spiro atoms. The van der Waals surface area contributed by atoms with Gasteiger partial charge in [-0.3, -0.25) is 0 Å². The lowest BCUT2D eigenvalue weighted by Crippen LogP contribution is -2.43. The van der Waals surface area contributed by atoms with Crippen LogP contribution in [0.5, 0.6) is 0 Å². The first-order valence-corrected chi connectivity index (χ1v) is 6.93. The molecule has 0 aromatic carbocycles. The minimum atomic E-state index is 0.427. The molecule has 1 saturated heterocycles. The predicted molar refractivity (Wildman–Crippen MR) is 64.6 cm³/mol. The van der Waals surface area contributed by atoms with Gasteiger partial charge < -0.3 is 4.74 Å². The van der Waals surface area contributed by atoms with Crippen LogP contribution in [0.3, 0.4) is 0 Å². The molecule has 0 aromatic rings. The van der Waals surface area contributed by atoms with Gasteiger partial charge in [-0.05, 0) is 29.9 Å². The third-order valence-corrected chi connectivity index (χ3v) is 4.92. The molecule has 5 atom stereocenters. The van der Waals surface area contributed by atoms with E-state index in [9.17, 15) is 0 Å². The van der Waals surface area contributed by atoms with Crippen LogP contribution in [-0.4, -0.2) is 17.3 Å². The summed E-state index contributed by atoms with van der Waals surface area (Å²) in [5.41, 5.74) is 0.427. The summed E-state index contributed by atoms with van der Waals surface area (Å²) in [6.07, 6.45) is 1.63. The van der Waals surface area contributed by atoms with Crippen LogP contribution in [0, 0.1) is 17.8 Å². The lowest BCUT2D eigenvalue weighted by Gasteiger charge is -2.43. The summed E-state index contributed by atoms with van der Waals surface area (Å²) in [5, 5.41) is 0. The molecule has 2 heteroatoms. The van der Waals surface area contributed by atoms with Gasteiger partial charge in [0.1, 0.15) is 5.44 Å². The number of ether oxygens (including phenoxy) is 1. The van der Waals surface area contributed by atoms with Crippen LogP contribution in [0.25, 0.3) is 0 Å². The van der Waals surface area contributed by atoms with Gasteiger partial charge in [-0.2, -0.15) is 0 Å². The van der Waals surface area contributed by atoms with Gasteiger partial charge in [0.2, 0.25) is 0 Å². The molecule has 1 nitrogen and oxygen atoms in total. The first-order valence-electron chi connectivity index (χ1n) is 5.88. The fourth-order valence-corrected chi connectivity index (χ4v) is 3.41. The second kappa shape index (κ2) is 5.41. The molecule has 0 aliphatic carbocycles. The SMILES string of the molecule is CCSC1OC(CC)C(C)C(C)C1C. The molecule has 14 heavy (non-hydrogen) atoms. The maximum atomic E-state index is 6.13. The smallest absolute Gasteiger partial charge is 0.106 e. The first-order chi connectivity index (χ1) is 6.61. The quantitative estimate of drug-likeness (QED) is 0.710. The van der Waals surface area contributed by atoms with Crippen molar-refractivity contribution in [2.75, 3.05) is 5.75 Å². The zero-order valence-corrected chi connectivity index (χ0v) is 10.9. The van der Waals surface area contributed by atoms with Gasteiger partial charge >= 0.3 is 0 Å². The topological polar surface area (TPSA) is 9.23 Å². The summed E-state index contributed by atoms with van der Waals surface area (Å²) >= 11 is 1.96. The molecule has 0 N–H and O–H groups in total. The molecular formula is C12H24OS. The summed E-state index contributed by atoms with van der Waals surface area (Å²) in [6, 6.07) is 0. The van der Waals surface area contributed by atoms with Gasteiger partial charge in [-0.1, -0.05) is 34.6 Å². The number of rotatable bonds is 3. The highest BCUT2D eigenvalue weighted by Gasteiger charge is 2.37. The third kappa shape index (κ3) is 2.46. The Morgan fingerprint density at radius 1 is 1.00 bits per heavy atom. The van der Waals surface area contributed by atoms with E-state index in [0.717, 1.165) is 18.1 Å². The van der Waals surface area contributed by atoms with Crippen LogP contribution >= 0.6 is 11.8 Å². The van der Waals surface area contributed by atoms with Gasteiger partial charge in [0.05, 0.1) is 6.10 Å². The van der Waals surface area contributed by atoms with Crippen molar-refractivity contribution < 1.29 is 4.74 Å². The monoisotopic (exact) mass is 216 g/mol. The first kappa shape index (κ1) is 12.4. The fourth-order valence-electron chi connectivity index (χ4n) is 2.31. The zero-order chi connectivity index (χ0) is 10.7. The minimum absolute atomic E-state index is 0.427. The summed E-state index contributed by atoms with van der Waals surface area (Å²) < 4.78 is 6.13. The lowest BCUT2D eigenvalue weighted by atomic mass is 9.79. The van der Waals surface area contributed by atoms with Gasteiger partial charge in [-0.15, -0.1) is 11.8 Å². The van der Waals surface area contributed by atoms with Crippen LogP contribution in [0.2, 0.25) is 0 Å². The summed E-state index contributed by atoms with van der Waals surface area (Å²) in [5.74, 6) is 3.35. The van der Waals surface area contributed by atoms with E-state index in [0.29, 0.717) is 23.4 Å². The molecule has 1 aliphatic rings. The largest absolute Gasteiger partial charge is 0.364 e. The molecule has 1 heterocycles. The second-order valence-electron chi connectivity index (χ2n) is 4.48. The molecule has 1 aliphatic heterocycles. The van der Waals surface area contributed by atoms with Crippen LogP contribution in [0.15, 0.2) is 0 Å². The number of thioether (sulfide) groups is 1. The molecule has 0 bridgehead atoms. The summed E-state index contributed by atoms with van der Waals surface area (Å²) in [6.45, 7) is 11.5. The molecule has 0 aromatic heterocycles. The highest BCUT2D eigenvalue weighted by molar-refractivity contribution is 7.99. The second-order valence-corrected chi connectivity index (χ2v) is 5.86. The number of hydrogen-bond donors (Lipinski definition) is 0. The predicted octanol–water partition coefficient (Wildman–Crippen LogP) is 3.78. The lowest BCUT2D eigenvalue weighted by molar-refractivity contribution is -0.0944. The molecule has 84 valence electrons. The third-order valence-electron chi connectivity index (χ3n) is 3.72.